The molecule has 0 radical (unpaired) electrons. The fourth-order valence-corrected chi connectivity index (χ4v) is 2.30. The van der Waals surface area contributed by atoms with Crippen LogP contribution in [0.4, 0.5) is 0 Å². The summed E-state index contributed by atoms with van der Waals surface area (Å²) in [5, 5.41) is 9.87. The molecule has 13 heavy (non-hydrogen) atoms. The van der Waals surface area contributed by atoms with Gasteiger partial charge in [0.1, 0.15) is 5.75 Å². The van der Waals surface area contributed by atoms with Crippen molar-refractivity contribution in [2.45, 2.75) is 20.3 Å². The van der Waals surface area contributed by atoms with Gasteiger partial charge in [0, 0.05) is 0 Å². The van der Waals surface area contributed by atoms with E-state index >= 15 is 0 Å². The van der Waals surface area contributed by atoms with Crippen LogP contribution in [0.5, 0.6) is 5.75 Å². The fourth-order valence-electron chi connectivity index (χ4n) is 1.21. The van der Waals surface area contributed by atoms with E-state index in [9.17, 15) is 5.11 Å². The molecular formula is C10H12ClIO. The zero-order valence-electron chi connectivity index (χ0n) is 7.64. The summed E-state index contributed by atoms with van der Waals surface area (Å²) in [5.74, 6) is 0.797. The van der Waals surface area contributed by atoms with Crippen molar-refractivity contribution in [2.24, 2.45) is 5.92 Å². The normalized spacial score (nSPS) is 10.8. The predicted molar refractivity (Wildman–Crippen MR) is 64.4 cm³/mol. The Kier molecular flexibility index (Phi) is 3.86. The van der Waals surface area contributed by atoms with Crippen molar-refractivity contribution in [1.82, 2.24) is 0 Å². The third-order valence-corrected chi connectivity index (χ3v) is 2.83. The van der Waals surface area contributed by atoms with Gasteiger partial charge in [-0.1, -0.05) is 25.4 Å². The third-order valence-electron chi connectivity index (χ3n) is 1.72. The molecule has 0 amide bonds. The van der Waals surface area contributed by atoms with E-state index in [2.05, 4.69) is 36.4 Å². The van der Waals surface area contributed by atoms with Gasteiger partial charge in [-0.2, -0.15) is 0 Å². The van der Waals surface area contributed by atoms with E-state index in [1.807, 2.05) is 12.1 Å². The number of hydrogen-bond donors (Lipinski definition) is 1. The largest absolute Gasteiger partial charge is 0.505 e. The summed E-state index contributed by atoms with van der Waals surface area (Å²) in [6.07, 6.45) is 0.996. The van der Waals surface area contributed by atoms with Crippen LogP contribution >= 0.6 is 34.2 Å². The number of aromatic hydroxyl groups is 1. The van der Waals surface area contributed by atoms with Crippen LogP contribution in [0.15, 0.2) is 12.1 Å². The van der Waals surface area contributed by atoms with Gasteiger partial charge in [-0.3, -0.25) is 0 Å². The maximum atomic E-state index is 9.43. The number of rotatable bonds is 2. The van der Waals surface area contributed by atoms with Gasteiger partial charge in [0.25, 0.3) is 0 Å². The maximum Gasteiger partial charge on any atom is 0.147 e. The molecule has 72 valence electrons. The lowest BCUT2D eigenvalue weighted by Gasteiger charge is -2.07. The minimum absolute atomic E-state index is 0.190. The first-order valence-electron chi connectivity index (χ1n) is 4.17. The Balaban J connectivity index is 2.99. The summed E-state index contributed by atoms with van der Waals surface area (Å²) in [6.45, 7) is 4.32. The molecule has 3 heteroatoms. The van der Waals surface area contributed by atoms with Gasteiger partial charge >= 0.3 is 0 Å². The quantitative estimate of drug-likeness (QED) is 0.823. The Hall–Kier alpha value is 0.0400. The Labute approximate surface area is 97.3 Å². The van der Waals surface area contributed by atoms with Crippen LogP contribution in [0.1, 0.15) is 19.4 Å². The second-order valence-electron chi connectivity index (χ2n) is 3.51. The number of benzene rings is 1. The Bertz CT molecular complexity index is 287. The van der Waals surface area contributed by atoms with Crippen molar-refractivity contribution in [2.75, 3.05) is 0 Å². The highest BCUT2D eigenvalue weighted by Gasteiger charge is 2.06. The predicted octanol–water partition coefficient (Wildman–Crippen LogP) is 3.85. The van der Waals surface area contributed by atoms with Gasteiger partial charge < -0.3 is 5.11 Å². The molecule has 0 aromatic heterocycles. The van der Waals surface area contributed by atoms with Gasteiger partial charge in [0.05, 0.1) is 8.59 Å². The van der Waals surface area contributed by atoms with E-state index in [1.54, 1.807) is 0 Å². The molecule has 0 bridgehead atoms. The maximum absolute atomic E-state index is 9.43. The Morgan fingerprint density at radius 1 is 1.46 bits per heavy atom. The zero-order chi connectivity index (χ0) is 10.0. The Morgan fingerprint density at radius 3 is 2.54 bits per heavy atom. The monoisotopic (exact) mass is 310 g/mol. The van der Waals surface area contributed by atoms with Crippen LogP contribution in [0.25, 0.3) is 0 Å². The van der Waals surface area contributed by atoms with Gasteiger partial charge in [-0.05, 0) is 52.6 Å². The molecule has 0 spiro atoms. The molecule has 0 aliphatic rings. The van der Waals surface area contributed by atoms with E-state index in [1.165, 1.54) is 5.56 Å². The van der Waals surface area contributed by atoms with Gasteiger partial charge in [-0.25, -0.2) is 0 Å². The lowest BCUT2D eigenvalue weighted by molar-refractivity contribution is 0.471. The van der Waals surface area contributed by atoms with Crippen molar-refractivity contribution in [3.05, 3.63) is 26.3 Å². The summed E-state index contributed by atoms with van der Waals surface area (Å²) in [4.78, 5) is 0. The molecule has 0 unspecified atom stereocenters. The Morgan fingerprint density at radius 2 is 2.08 bits per heavy atom. The smallest absolute Gasteiger partial charge is 0.147 e. The highest BCUT2D eigenvalue weighted by Crippen LogP contribution is 2.30. The van der Waals surface area contributed by atoms with Crippen molar-refractivity contribution < 1.29 is 5.11 Å². The van der Waals surface area contributed by atoms with Crippen molar-refractivity contribution in [1.29, 1.82) is 0 Å². The second kappa shape index (κ2) is 4.51. The fraction of sp³-hybridized carbons (Fsp3) is 0.400. The summed E-state index contributed by atoms with van der Waals surface area (Å²) < 4.78 is 0.820. The zero-order valence-corrected chi connectivity index (χ0v) is 10.6. The van der Waals surface area contributed by atoms with Gasteiger partial charge in [-0.15, -0.1) is 0 Å². The standard InChI is InChI=1S/C10H12ClIO/c1-6(2)3-7-4-8(11)10(13)9(12)5-7/h4-6,13H,3H2,1-2H3. The number of phenols is 1. The SMILES string of the molecule is CC(C)Cc1cc(Cl)c(O)c(I)c1. The molecule has 0 heterocycles. The van der Waals surface area contributed by atoms with E-state index < -0.39 is 0 Å². The molecule has 1 N–H and O–H groups in total. The number of hydrogen-bond acceptors (Lipinski definition) is 1. The van der Waals surface area contributed by atoms with E-state index in [0.29, 0.717) is 10.9 Å². The molecule has 0 aliphatic heterocycles. The molecule has 0 aliphatic carbocycles. The molecule has 1 rings (SSSR count). The molecule has 1 aromatic rings. The summed E-state index contributed by atoms with van der Waals surface area (Å²) >= 11 is 7.94. The van der Waals surface area contributed by atoms with Crippen LogP contribution in [0.2, 0.25) is 5.02 Å². The molecule has 0 saturated heterocycles. The summed E-state index contributed by atoms with van der Waals surface area (Å²) in [7, 11) is 0. The third kappa shape index (κ3) is 3.02. The van der Waals surface area contributed by atoms with Gasteiger partial charge in [0.15, 0.2) is 0 Å². The molecule has 0 saturated carbocycles. The highest BCUT2D eigenvalue weighted by molar-refractivity contribution is 14.1. The topological polar surface area (TPSA) is 20.2 Å². The minimum atomic E-state index is 0.190. The van der Waals surface area contributed by atoms with Crippen LogP contribution < -0.4 is 0 Å². The number of phenolic OH excluding ortho intramolecular Hbond substituents is 1. The van der Waals surface area contributed by atoms with Crippen molar-refractivity contribution >= 4 is 34.2 Å². The average Bonchev–Trinajstić information content (AvgIpc) is 1.98. The molecule has 0 fully saturated rings. The highest BCUT2D eigenvalue weighted by atomic mass is 127. The van der Waals surface area contributed by atoms with Gasteiger partial charge in [0.2, 0.25) is 0 Å². The lowest BCUT2D eigenvalue weighted by atomic mass is 10.0. The molecule has 1 nitrogen and oxygen atoms in total. The van der Waals surface area contributed by atoms with Crippen LogP contribution in [0, 0.1) is 9.49 Å². The van der Waals surface area contributed by atoms with Crippen molar-refractivity contribution in [3.63, 3.8) is 0 Å². The molecule has 0 atom stereocenters. The van der Waals surface area contributed by atoms with Crippen LogP contribution in [0.3, 0.4) is 0 Å². The average molecular weight is 311 g/mol. The second-order valence-corrected chi connectivity index (χ2v) is 5.08. The number of halogens is 2. The first-order chi connectivity index (χ1) is 6.00. The molecular weight excluding hydrogens is 298 g/mol. The summed E-state index contributed by atoms with van der Waals surface area (Å²) in [6, 6.07) is 3.81. The summed E-state index contributed by atoms with van der Waals surface area (Å²) in [5.41, 5.74) is 1.18. The first-order valence-corrected chi connectivity index (χ1v) is 5.63. The van der Waals surface area contributed by atoms with Crippen LogP contribution in [-0.2, 0) is 6.42 Å². The van der Waals surface area contributed by atoms with Crippen molar-refractivity contribution in [3.8, 4) is 5.75 Å². The lowest BCUT2D eigenvalue weighted by Crippen LogP contribution is -1.94. The van der Waals surface area contributed by atoms with E-state index in [-0.39, 0.29) is 5.75 Å². The molecule has 1 aromatic carbocycles. The van der Waals surface area contributed by atoms with E-state index in [0.717, 1.165) is 9.99 Å². The van der Waals surface area contributed by atoms with E-state index in [4.69, 9.17) is 11.6 Å². The van der Waals surface area contributed by atoms with Crippen LogP contribution in [-0.4, -0.2) is 5.11 Å². The first kappa shape index (κ1) is 11.1. The minimum Gasteiger partial charge on any atom is -0.505 e.